The molecule has 2 heterocycles. The number of halogens is 2. The lowest BCUT2D eigenvalue weighted by molar-refractivity contribution is -0.734. The van der Waals surface area contributed by atoms with Crippen LogP contribution >= 0.6 is 0 Å². The Balaban J connectivity index is 0.00000232. The Morgan fingerprint density at radius 2 is 0.769 bits per heavy atom. The molecular formula is C40H32Cl2N8O2. The smallest absolute Gasteiger partial charge is 0.340 e. The fraction of sp³-hybridized carbons (Fsp3) is 0.0500. The average molecular weight is 728 g/mol. The van der Waals surface area contributed by atoms with E-state index in [2.05, 4.69) is 12.1 Å². The van der Waals surface area contributed by atoms with E-state index in [9.17, 15) is 0 Å². The molecular weight excluding hydrogens is 695 g/mol. The summed E-state index contributed by atoms with van der Waals surface area (Å²) in [6.07, 6.45) is 0. The molecule has 0 saturated heterocycles. The van der Waals surface area contributed by atoms with Gasteiger partial charge in [-0.3, -0.25) is 0 Å². The van der Waals surface area contributed by atoms with E-state index in [0.717, 1.165) is 45.0 Å². The maximum atomic E-state index is 5.84. The molecule has 0 amide bonds. The van der Waals surface area contributed by atoms with Crippen LogP contribution in [0, 0.1) is 0 Å². The van der Waals surface area contributed by atoms with Gasteiger partial charge in [-0.15, -0.1) is 0 Å². The summed E-state index contributed by atoms with van der Waals surface area (Å²) in [6, 6.07) is 51.7. The Labute approximate surface area is 312 Å². The van der Waals surface area contributed by atoms with E-state index in [-0.39, 0.29) is 24.8 Å². The zero-order chi connectivity index (χ0) is 33.9. The quantitative estimate of drug-likeness (QED) is 0.201. The summed E-state index contributed by atoms with van der Waals surface area (Å²) in [4.78, 5) is 7.16. The molecule has 0 saturated carbocycles. The van der Waals surface area contributed by atoms with Crippen LogP contribution < -0.4 is 43.9 Å². The fourth-order valence-electron chi connectivity index (χ4n) is 5.73. The molecule has 258 valence electrons. The number of hydrogen-bond acceptors (Lipinski definition) is 6. The van der Waals surface area contributed by atoms with Crippen molar-refractivity contribution < 1.29 is 43.9 Å². The predicted molar refractivity (Wildman–Crippen MR) is 189 cm³/mol. The molecule has 8 rings (SSSR count). The SMILES string of the molecule is COc1cc(-c2cc(OC)cc(-[n+]3nc(-c4ccccc4)nn3-c3ccccc3)c2)cc(-[n+]2nc(-c3ccccc3)nn2-c2ccccc2)c1.[Cl-].[Cl-]. The summed E-state index contributed by atoms with van der Waals surface area (Å²) >= 11 is 0. The first-order valence-electron chi connectivity index (χ1n) is 16.1. The van der Waals surface area contributed by atoms with Crippen LogP contribution in [0.25, 0.3) is 56.7 Å². The highest BCUT2D eigenvalue weighted by atomic mass is 35.5. The lowest BCUT2D eigenvalue weighted by Crippen LogP contribution is -3.00. The topological polar surface area (TPSA) is 87.6 Å². The monoisotopic (exact) mass is 726 g/mol. The van der Waals surface area contributed by atoms with Crippen LogP contribution in [0.1, 0.15) is 0 Å². The number of benzene rings is 6. The van der Waals surface area contributed by atoms with Gasteiger partial charge in [-0.25, -0.2) is 0 Å². The zero-order valence-electron chi connectivity index (χ0n) is 28.2. The minimum Gasteiger partial charge on any atom is -1.00 e. The summed E-state index contributed by atoms with van der Waals surface area (Å²) in [5.74, 6) is 2.50. The second-order valence-corrected chi connectivity index (χ2v) is 11.4. The second kappa shape index (κ2) is 15.7. The van der Waals surface area contributed by atoms with Crippen LogP contribution in [0.15, 0.2) is 158 Å². The first kappa shape index (κ1) is 35.5. The van der Waals surface area contributed by atoms with Gasteiger partial charge in [0.2, 0.25) is 0 Å². The molecule has 0 aliphatic carbocycles. The molecule has 10 nitrogen and oxygen atoms in total. The standard InChI is InChI=1S/C40H32N8O2.2ClH/c1-49-37-25-31(23-35(27-37)47-43-39(29-15-7-3-8-16-29)41-45(47)33-19-11-5-12-20-33)32-24-36(28-38(26-32)50-2)48-44-40(30-17-9-4-10-18-30)42-46(48)34-21-13-6-14-22-34;;/h3-28H,1-2H3;2*1H/q+2;;/p-2. The predicted octanol–water partition coefficient (Wildman–Crippen LogP) is 0.428. The van der Waals surface area contributed by atoms with Gasteiger partial charge in [-0.2, -0.15) is 0 Å². The first-order valence-corrected chi connectivity index (χ1v) is 16.1. The van der Waals surface area contributed by atoms with Gasteiger partial charge in [-0.05, 0) is 104 Å². The third-order valence-electron chi connectivity index (χ3n) is 8.20. The molecule has 0 unspecified atom stereocenters. The number of hydrogen-bond donors (Lipinski definition) is 0. The van der Waals surface area contributed by atoms with Crippen molar-refractivity contribution in [2.45, 2.75) is 0 Å². The highest BCUT2D eigenvalue weighted by molar-refractivity contribution is 5.70. The molecule has 0 fully saturated rings. The molecule has 8 aromatic rings. The molecule has 0 aliphatic rings. The van der Waals surface area contributed by atoms with E-state index in [1.54, 1.807) is 33.4 Å². The van der Waals surface area contributed by atoms with Gasteiger partial charge in [0.05, 0.1) is 35.5 Å². The van der Waals surface area contributed by atoms with Crippen LogP contribution in [0.5, 0.6) is 11.5 Å². The van der Waals surface area contributed by atoms with Crippen LogP contribution in [0.2, 0.25) is 0 Å². The third kappa shape index (κ3) is 7.11. The van der Waals surface area contributed by atoms with Crippen molar-refractivity contribution >= 4 is 0 Å². The van der Waals surface area contributed by atoms with Gasteiger partial charge in [0, 0.05) is 21.7 Å². The Bertz CT molecular complexity index is 2240. The van der Waals surface area contributed by atoms with Crippen LogP contribution in [0.4, 0.5) is 0 Å². The van der Waals surface area contributed by atoms with Crippen molar-refractivity contribution in [3.8, 4) is 68.2 Å². The van der Waals surface area contributed by atoms with Gasteiger partial charge in [0.15, 0.2) is 11.4 Å². The molecule has 0 spiro atoms. The molecule has 0 N–H and O–H groups in total. The second-order valence-electron chi connectivity index (χ2n) is 11.4. The van der Waals surface area contributed by atoms with Crippen molar-refractivity contribution in [3.05, 3.63) is 158 Å². The highest BCUT2D eigenvalue weighted by Crippen LogP contribution is 2.31. The summed E-state index contributed by atoms with van der Waals surface area (Å²) in [7, 11) is 3.32. The maximum absolute atomic E-state index is 5.84. The Morgan fingerprint density at radius 3 is 1.12 bits per heavy atom. The van der Waals surface area contributed by atoms with Gasteiger partial charge < -0.3 is 34.3 Å². The minimum atomic E-state index is 0. The molecule has 6 aromatic carbocycles. The molecule has 12 heteroatoms. The van der Waals surface area contributed by atoms with E-state index >= 15 is 0 Å². The van der Waals surface area contributed by atoms with Crippen LogP contribution in [-0.2, 0) is 0 Å². The molecule has 2 aromatic heterocycles. The lowest BCUT2D eigenvalue weighted by Gasteiger charge is -2.10. The molecule has 0 bridgehead atoms. The molecule has 0 aliphatic heterocycles. The van der Waals surface area contributed by atoms with Crippen LogP contribution in [0.3, 0.4) is 0 Å². The zero-order valence-corrected chi connectivity index (χ0v) is 29.7. The van der Waals surface area contributed by atoms with Gasteiger partial charge in [-0.1, -0.05) is 72.8 Å². The number of rotatable bonds is 9. The van der Waals surface area contributed by atoms with Crippen molar-refractivity contribution in [2.75, 3.05) is 14.2 Å². The number of aromatic nitrogens is 8. The fourth-order valence-corrected chi connectivity index (χ4v) is 5.73. The normalized spacial score (nSPS) is 10.6. The summed E-state index contributed by atoms with van der Waals surface area (Å²) in [5, 5.41) is 19.8. The Hall–Kier alpha value is -6.36. The van der Waals surface area contributed by atoms with Crippen molar-refractivity contribution in [1.82, 2.24) is 30.0 Å². The van der Waals surface area contributed by atoms with E-state index in [1.165, 1.54) is 0 Å². The van der Waals surface area contributed by atoms with Gasteiger partial charge in [0.1, 0.15) is 22.9 Å². The Morgan fingerprint density at radius 1 is 0.423 bits per heavy atom. The molecule has 0 radical (unpaired) electrons. The van der Waals surface area contributed by atoms with E-state index < -0.39 is 0 Å². The summed E-state index contributed by atoms with van der Waals surface area (Å²) < 4.78 is 11.7. The number of ether oxygens (including phenoxy) is 2. The van der Waals surface area contributed by atoms with Crippen molar-refractivity contribution in [1.29, 1.82) is 0 Å². The van der Waals surface area contributed by atoms with Crippen LogP contribution in [-0.4, -0.2) is 44.2 Å². The van der Waals surface area contributed by atoms with Crippen molar-refractivity contribution in [2.24, 2.45) is 0 Å². The van der Waals surface area contributed by atoms with E-state index in [1.807, 2.05) is 146 Å². The minimum absolute atomic E-state index is 0. The van der Waals surface area contributed by atoms with Gasteiger partial charge in [0.25, 0.3) is 0 Å². The number of para-hydroxylation sites is 2. The number of tetrazole rings is 2. The Kier molecular flexibility index (Phi) is 10.7. The lowest BCUT2D eigenvalue weighted by atomic mass is 10.0. The largest absolute Gasteiger partial charge is 1.00 e. The summed E-state index contributed by atoms with van der Waals surface area (Å²) in [5.41, 5.74) is 6.82. The molecule has 52 heavy (non-hydrogen) atoms. The van der Waals surface area contributed by atoms with Gasteiger partial charge >= 0.3 is 11.6 Å². The molecule has 0 atom stereocenters. The van der Waals surface area contributed by atoms with Crippen molar-refractivity contribution in [3.63, 3.8) is 0 Å². The third-order valence-corrected chi connectivity index (χ3v) is 8.20. The van der Waals surface area contributed by atoms with E-state index in [4.69, 9.17) is 29.9 Å². The first-order chi connectivity index (χ1) is 24.7. The number of methoxy groups -OCH3 is 2. The number of nitrogens with zero attached hydrogens (tertiary/aromatic N) is 8. The average Bonchev–Trinajstić information content (AvgIpc) is 3.85. The maximum Gasteiger partial charge on any atom is 0.340 e. The highest BCUT2D eigenvalue weighted by Gasteiger charge is 2.27. The van der Waals surface area contributed by atoms with E-state index in [0.29, 0.717) is 23.1 Å². The summed E-state index contributed by atoms with van der Waals surface area (Å²) in [6.45, 7) is 0.